The van der Waals surface area contributed by atoms with Gasteiger partial charge in [0.2, 0.25) is 15.3 Å². The zero-order valence-electron chi connectivity index (χ0n) is 17.1. The van der Waals surface area contributed by atoms with Crippen LogP contribution in [0.4, 0.5) is 8.78 Å². The van der Waals surface area contributed by atoms with Crippen molar-refractivity contribution in [3.63, 3.8) is 0 Å². The first-order chi connectivity index (χ1) is 15.3. The number of rotatable bonds is 6. The first kappa shape index (κ1) is 21.7. The Hall–Kier alpha value is -3.52. The molecule has 0 aliphatic carbocycles. The minimum atomic E-state index is -4.26. The summed E-state index contributed by atoms with van der Waals surface area (Å²) < 4.78 is 61.1. The third kappa shape index (κ3) is 4.01. The lowest BCUT2D eigenvalue weighted by Gasteiger charge is -2.15. The summed E-state index contributed by atoms with van der Waals surface area (Å²) in [4.78, 5) is 12.5. The van der Waals surface area contributed by atoms with Crippen LogP contribution in [0.1, 0.15) is 12.5 Å². The minimum absolute atomic E-state index is 0.00335. The summed E-state index contributed by atoms with van der Waals surface area (Å²) in [5.74, 6) is -0.639. The van der Waals surface area contributed by atoms with Gasteiger partial charge in [0, 0.05) is 11.8 Å². The van der Waals surface area contributed by atoms with Crippen molar-refractivity contribution in [2.45, 2.75) is 23.3 Å². The molecular weight excluding hydrogens is 436 g/mol. The Morgan fingerprint density at radius 3 is 2.38 bits per heavy atom. The van der Waals surface area contributed by atoms with Gasteiger partial charge in [0.25, 0.3) is 0 Å². The van der Waals surface area contributed by atoms with Crippen molar-refractivity contribution >= 4 is 20.7 Å². The maximum Gasteiger partial charge on any atom is 0.211 e. The molecule has 1 aromatic heterocycles. The van der Waals surface area contributed by atoms with E-state index in [0.717, 1.165) is 24.3 Å². The van der Waals surface area contributed by atoms with E-state index in [0.29, 0.717) is 23.4 Å². The second-order valence-electron chi connectivity index (χ2n) is 7.11. The lowest BCUT2D eigenvalue weighted by atomic mass is 10.1. The topological polar surface area (TPSA) is 65.4 Å². The van der Waals surface area contributed by atoms with Crippen molar-refractivity contribution < 1.29 is 21.9 Å². The SMILES string of the molecule is CCOc1ccc2c(c1)c(=O)c(S(=O)(=O)c1ccc(F)cc1)cn2Cc1ccccc1F. The summed E-state index contributed by atoms with van der Waals surface area (Å²) in [5, 5.41) is 0.121. The van der Waals surface area contributed by atoms with Gasteiger partial charge in [-0.05, 0) is 55.5 Å². The van der Waals surface area contributed by atoms with E-state index in [-0.39, 0.29) is 16.8 Å². The fourth-order valence-corrected chi connectivity index (χ4v) is 4.85. The lowest BCUT2D eigenvalue weighted by Crippen LogP contribution is -2.20. The highest BCUT2D eigenvalue weighted by atomic mass is 32.2. The molecule has 0 radical (unpaired) electrons. The molecule has 0 saturated heterocycles. The predicted octanol–water partition coefficient (Wildman–Crippen LogP) is 4.56. The number of fused-ring (bicyclic) bond motifs is 1. The van der Waals surface area contributed by atoms with Crippen molar-refractivity contribution in [1.82, 2.24) is 4.57 Å². The molecule has 0 N–H and O–H groups in total. The van der Waals surface area contributed by atoms with Crippen LogP contribution < -0.4 is 10.2 Å². The van der Waals surface area contributed by atoms with Crippen LogP contribution in [-0.4, -0.2) is 19.6 Å². The van der Waals surface area contributed by atoms with Gasteiger partial charge in [-0.2, -0.15) is 0 Å². The van der Waals surface area contributed by atoms with Crippen molar-refractivity contribution in [3.05, 3.63) is 100 Å². The summed E-state index contributed by atoms with van der Waals surface area (Å²) >= 11 is 0. The van der Waals surface area contributed by atoms with Crippen LogP contribution in [0.25, 0.3) is 10.9 Å². The molecule has 3 aromatic carbocycles. The third-order valence-electron chi connectivity index (χ3n) is 5.04. The van der Waals surface area contributed by atoms with Crippen molar-refractivity contribution in [1.29, 1.82) is 0 Å². The molecule has 0 spiro atoms. The Bertz CT molecular complexity index is 1460. The number of halogens is 2. The van der Waals surface area contributed by atoms with E-state index in [1.165, 1.54) is 22.9 Å². The molecule has 0 aliphatic rings. The van der Waals surface area contributed by atoms with Crippen LogP contribution in [-0.2, 0) is 16.4 Å². The monoisotopic (exact) mass is 455 g/mol. The smallest absolute Gasteiger partial charge is 0.211 e. The number of hydrogen-bond acceptors (Lipinski definition) is 4. The second kappa shape index (κ2) is 8.55. The largest absolute Gasteiger partial charge is 0.494 e. The van der Waals surface area contributed by atoms with Crippen molar-refractivity contribution in [2.24, 2.45) is 0 Å². The number of sulfone groups is 1. The normalized spacial score (nSPS) is 11.6. The molecular formula is C24H19F2NO4S. The summed E-state index contributed by atoms with van der Waals surface area (Å²) in [6.45, 7) is 2.15. The highest BCUT2D eigenvalue weighted by molar-refractivity contribution is 7.91. The van der Waals surface area contributed by atoms with Crippen LogP contribution in [0, 0.1) is 11.6 Å². The van der Waals surface area contributed by atoms with Gasteiger partial charge < -0.3 is 9.30 Å². The lowest BCUT2D eigenvalue weighted by molar-refractivity contribution is 0.340. The Morgan fingerprint density at radius 2 is 1.69 bits per heavy atom. The van der Waals surface area contributed by atoms with Crippen molar-refractivity contribution in [2.75, 3.05) is 6.61 Å². The summed E-state index contributed by atoms with van der Waals surface area (Å²) in [6, 6.07) is 15.1. The zero-order valence-corrected chi connectivity index (χ0v) is 17.9. The number of benzene rings is 3. The second-order valence-corrected chi connectivity index (χ2v) is 9.03. The summed E-state index contributed by atoms with van der Waals surface area (Å²) in [6.07, 6.45) is 1.20. The molecule has 32 heavy (non-hydrogen) atoms. The van der Waals surface area contributed by atoms with E-state index < -0.39 is 31.8 Å². The van der Waals surface area contributed by atoms with Crippen LogP contribution >= 0.6 is 0 Å². The van der Waals surface area contributed by atoms with Gasteiger partial charge in [-0.3, -0.25) is 4.79 Å². The van der Waals surface area contributed by atoms with Gasteiger partial charge in [-0.15, -0.1) is 0 Å². The molecule has 0 atom stereocenters. The van der Waals surface area contributed by atoms with E-state index in [2.05, 4.69) is 0 Å². The molecule has 8 heteroatoms. The highest BCUT2D eigenvalue weighted by Gasteiger charge is 2.24. The van der Waals surface area contributed by atoms with E-state index in [9.17, 15) is 22.0 Å². The highest BCUT2D eigenvalue weighted by Crippen LogP contribution is 2.25. The molecule has 164 valence electrons. The Morgan fingerprint density at radius 1 is 0.969 bits per heavy atom. The maximum absolute atomic E-state index is 14.3. The van der Waals surface area contributed by atoms with Crippen LogP contribution in [0.15, 0.2) is 87.5 Å². The molecule has 0 unspecified atom stereocenters. The van der Waals surface area contributed by atoms with Crippen LogP contribution in [0.3, 0.4) is 0 Å². The number of nitrogens with zero attached hydrogens (tertiary/aromatic N) is 1. The molecule has 0 bridgehead atoms. The van der Waals surface area contributed by atoms with E-state index >= 15 is 0 Å². The van der Waals surface area contributed by atoms with Gasteiger partial charge in [0.15, 0.2) is 0 Å². The summed E-state index contributed by atoms with van der Waals surface area (Å²) in [5.41, 5.74) is 0.0480. The van der Waals surface area contributed by atoms with E-state index in [4.69, 9.17) is 4.74 Å². The van der Waals surface area contributed by atoms with Gasteiger partial charge in [0.1, 0.15) is 22.3 Å². The first-order valence-electron chi connectivity index (χ1n) is 9.85. The molecule has 0 saturated carbocycles. The maximum atomic E-state index is 14.3. The Labute approximate surface area is 183 Å². The average Bonchev–Trinajstić information content (AvgIpc) is 2.77. The van der Waals surface area contributed by atoms with Crippen LogP contribution in [0.5, 0.6) is 5.75 Å². The predicted molar refractivity (Wildman–Crippen MR) is 117 cm³/mol. The number of pyridine rings is 1. The van der Waals surface area contributed by atoms with E-state index in [1.54, 1.807) is 37.3 Å². The standard InChI is InChI=1S/C24H19F2NO4S/c1-2-31-18-9-12-22-20(13-18)24(28)23(32(29,30)19-10-7-17(25)8-11-19)15-27(22)14-16-5-3-4-6-21(16)26/h3-13,15H,2,14H2,1H3. The molecule has 0 aliphatic heterocycles. The third-order valence-corrected chi connectivity index (χ3v) is 6.80. The number of ether oxygens (including phenoxy) is 1. The van der Waals surface area contributed by atoms with Gasteiger partial charge >= 0.3 is 0 Å². The Balaban J connectivity index is 1.98. The quantitative estimate of drug-likeness (QED) is 0.400. The average molecular weight is 455 g/mol. The van der Waals surface area contributed by atoms with Gasteiger partial charge in [-0.1, -0.05) is 18.2 Å². The molecule has 0 fully saturated rings. The molecule has 4 aromatic rings. The number of hydrogen-bond donors (Lipinski definition) is 0. The summed E-state index contributed by atoms with van der Waals surface area (Å²) in [7, 11) is -4.26. The Kier molecular flexibility index (Phi) is 5.80. The fraction of sp³-hybridized carbons (Fsp3) is 0.125. The molecule has 1 heterocycles. The molecule has 0 amide bonds. The van der Waals surface area contributed by atoms with E-state index in [1.807, 2.05) is 0 Å². The minimum Gasteiger partial charge on any atom is -0.494 e. The van der Waals surface area contributed by atoms with Crippen LogP contribution in [0.2, 0.25) is 0 Å². The molecule has 5 nitrogen and oxygen atoms in total. The molecule has 4 rings (SSSR count). The van der Waals surface area contributed by atoms with Crippen molar-refractivity contribution in [3.8, 4) is 5.75 Å². The number of aromatic nitrogens is 1. The first-order valence-corrected chi connectivity index (χ1v) is 11.3. The fourth-order valence-electron chi connectivity index (χ4n) is 3.48. The van der Waals surface area contributed by atoms with Gasteiger partial charge in [-0.25, -0.2) is 17.2 Å². The zero-order chi connectivity index (χ0) is 22.9. The van der Waals surface area contributed by atoms with Gasteiger partial charge in [0.05, 0.1) is 29.0 Å².